The maximum absolute atomic E-state index is 12.1. The van der Waals surface area contributed by atoms with E-state index in [1.165, 1.54) is 7.11 Å². The van der Waals surface area contributed by atoms with Crippen LogP contribution in [0.15, 0.2) is 18.2 Å². The molecule has 2 N–H and O–H groups in total. The number of aliphatic hydroxyl groups is 1. The Morgan fingerprint density at radius 2 is 2.45 bits per heavy atom. The van der Waals surface area contributed by atoms with Crippen LogP contribution in [0, 0.1) is 11.8 Å². The van der Waals surface area contributed by atoms with Gasteiger partial charge in [0.25, 0.3) is 5.91 Å². The van der Waals surface area contributed by atoms with Crippen molar-refractivity contribution in [3.63, 3.8) is 0 Å². The van der Waals surface area contributed by atoms with Gasteiger partial charge in [-0.15, -0.1) is 0 Å². The van der Waals surface area contributed by atoms with Crippen LogP contribution in [0.1, 0.15) is 22.3 Å². The Kier molecular flexibility index (Phi) is 4.99. The summed E-state index contributed by atoms with van der Waals surface area (Å²) in [6.45, 7) is 0.999. The fourth-order valence-electron chi connectivity index (χ4n) is 2.00. The van der Waals surface area contributed by atoms with E-state index in [1.807, 2.05) is 0 Å². The van der Waals surface area contributed by atoms with Crippen molar-refractivity contribution < 1.29 is 19.4 Å². The van der Waals surface area contributed by atoms with Gasteiger partial charge < -0.3 is 19.9 Å². The fourth-order valence-corrected chi connectivity index (χ4v) is 2.00. The Labute approximate surface area is 117 Å². The van der Waals surface area contributed by atoms with Crippen molar-refractivity contribution in [2.45, 2.75) is 12.5 Å². The maximum Gasteiger partial charge on any atom is 0.251 e. The first-order chi connectivity index (χ1) is 9.74. The van der Waals surface area contributed by atoms with E-state index < -0.39 is 0 Å². The van der Waals surface area contributed by atoms with Gasteiger partial charge in [-0.1, -0.05) is 11.8 Å². The number of rotatable bonds is 3. The van der Waals surface area contributed by atoms with Gasteiger partial charge in [-0.2, -0.15) is 0 Å². The van der Waals surface area contributed by atoms with Gasteiger partial charge in [0.15, 0.2) is 0 Å². The van der Waals surface area contributed by atoms with Crippen molar-refractivity contribution in [3.8, 4) is 17.6 Å². The van der Waals surface area contributed by atoms with Gasteiger partial charge in [0.2, 0.25) is 0 Å². The summed E-state index contributed by atoms with van der Waals surface area (Å²) in [6.07, 6.45) is 0.832. The van der Waals surface area contributed by atoms with E-state index in [2.05, 4.69) is 17.2 Å². The summed E-state index contributed by atoms with van der Waals surface area (Å²) in [5.41, 5.74) is 1.09. The van der Waals surface area contributed by atoms with Crippen molar-refractivity contribution in [1.82, 2.24) is 5.32 Å². The molecule has 1 aromatic carbocycles. The number of amides is 1. The van der Waals surface area contributed by atoms with Crippen LogP contribution in [0.2, 0.25) is 0 Å². The minimum absolute atomic E-state index is 0.0663. The van der Waals surface area contributed by atoms with Gasteiger partial charge in [0, 0.05) is 12.2 Å². The van der Waals surface area contributed by atoms with Gasteiger partial charge in [0.1, 0.15) is 12.4 Å². The van der Waals surface area contributed by atoms with Crippen LogP contribution in [0.4, 0.5) is 0 Å². The fraction of sp³-hybridized carbons (Fsp3) is 0.400. The van der Waals surface area contributed by atoms with E-state index in [1.54, 1.807) is 18.2 Å². The summed E-state index contributed by atoms with van der Waals surface area (Å²) < 4.78 is 10.4. The first kappa shape index (κ1) is 14.4. The zero-order valence-electron chi connectivity index (χ0n) is 11.3. The molecule has 1 saturated heterocycles. The number of ether oxygens (including phenoxy) is 2. The number of nitrogens with one attached hydrogen (secondary N) is 1. The van der Waals surface area contributed by atoms with Crippen molar-refractivity contribution in [2.75, 3.05) is 26.9 Å². The number of hydrogen-bond donors (Lipinski definition) is 2. The van der Waals surface area contributed by atoms with Crippen LogP contribution in [0.3, 0.4) is 0 Å². The molecular formula is C15H17NO4. The second kappa shape index (κ2) is 6.94. The highest BCUT2D eigenvalue weighted by Crippen LogP contribution is 2.19. The Hall–Kier alpha value is -2.03. The molecule has 0 aromatic heterocycles. The molecule has 0 radical (unpaired) electrons. The van der Waals surface area contributed by atoms with E-state index in [9.17, 15) is 4.79 Å². The van der Waals surface area contributed by atoms with Crippen LogP contribution in [-0.4, -0.2) is 44.0 Å². The van der Waals surface area contributed by atoms with Gasteiger partial charge in [0.05, 0.1) is 25.3 Å². The zero-order valence-corrected chi connectivity index (χ0v) is 11.3. The monoisotopic (exact) mass is 275 g/mol. The molecule has 1 amide bonds. The summed E-state index contributed by atoms with van der Waals surface area (Å²) in [5, 5.41) is 11.7. The summed E-state index contributed by atoms with van der Waals surface area (Å²) in [4.78, 5) is 12.1. The molecule has 0 aliphatic carbocycles. The number of aliphatic hydroxyl groups excluding tert-OH is 1. The number of benzene rings is 1. The molecule has 1 fully saturated rings. The third kappa shape index (κ3) is 3.50. The standard InChI is InChI=1S/C15H17NO4/c1-19-14-5-4-12(9-11(14)3-2-7-17)15(18)16-13-6-8-20-10-13/h4-5,9,13,17H,6-8,10H2,1H3,(H,16,18). The minimum atomic E-state index is -0.237. The van der Waals surface area contributed by atoms with E-state index in [0.29, 0.717) is 30.1 Å². The number of carbonyl (C=O) groups excluding carboxylic acids is 1. The molecule has 5 heteroatoms. The first-order valence-electron chi connectivity index (χ1n) is 6.41. The number of carbonyl (C=O) groups is 1. The molecule has 1 heterocycles. The van der Waals surface area contributed by atoms with Crippen molar-refractivity contribution in [2.24, 2.45) is 0 Å². The lowest BCUT2D eigenvalue weighted by Gasteiger charge is -2.11. The zero-order chi connectivity index (χ0) is 14.4. The quantitative estimate of drug-likeness (QED) is 0.791. The second-order valence-electron chi connectivity index (χ2n) is 4.41. The van der Waals surface area contributed by atoms with E-state index in [-0.39, 0.29) is 18.6 Å². The Balaban J connectivity index is 2.16. The highest BCUT2D eigenvalue weighted by atomic mass is 16.5. The van der Waals surface area contributed by atoms with Gasteiger partial charge >= 0.3 is 0 Å². The maximum atomic E-state index is 12.1. The molecule has 1 aromatic rings. The minimum Gasteiger partial charge on any atom is -0.495 e. The summed E-state index contributed by atoms with van der Waals surface area (Å²) in [7, 11) is 1.54. The molecule has 0 spiro atoms. The predicted octanol–water partition coefficient (Wildman–Crippen LogP) is 0.558. The Morgan fingerprint density at radius 1 is 1.60 bits per heavy atom. The Bertz CT molecular complexity index is 539. The molecule has 1 unspecified atom stereocenters. The summed E-state index contributed by atoms with van der Waals surface area (Å²) in [5.74, 6) is 5.74. The van der Waals surface area contributed by atoms with Gasteiger partial charge in [-0.3, -0.25) is 4.79 Å². The lowest BCUT2D eigenvalue weighted by molar-refractivity contribution is 0.0930. The molecule has 2 rings (SSSR count). The average Bonchev–Trinajstić information content (AvgIpc) is 2.97. The summed E-state index contributed by atoms with van der Waals surface area (Å²) in [6, 6.07) is 5.11. The van der Waals surface area contributed by atoms with Crippen LogP contribution in [-0.2, 0) is 4.74 Å². The smallest absolute Gasteiger partial charge is 0.251 e. The molecule has 0 bridgehead atoms. The first-order valence-corrected chi connectivity index (χ1v) is 6.41. The molecule has 1 aliphatic rings. The van der Waals surface area contributed by atoms with Crippen molar-refractivity contribution >= 4 is 5.91 Å². The van der Waals surface area contributed by atoms with Crippen LogP contribution in [0.5, 0.6) is 5.75 Å². The normalized spacial score (nSPS) is 17.2. The van der Waals surface area contributed by atoms with Crippen LogP contribution >= 0.6 is 0 Å². The largest absolute Gasteiger partial charge is 0.495 e. The SMILES string of the molecule is COc1ccc(C(=O)NC2CCOC2)cc1C#CCO. The second-order valence-corrected chi connectivity index (χ2v) is 4.41. The lowest BCUT2D eigenvalue weighted by Crippen LogP contribution is -2.35. The Morgan fingerprint density at radius 3 is 3.10 bits per heavy atom. The number of methoxy groups -OCH3 is 1. The molecule has 20 heavy (non-hydrogen) atoms. The topological polar surface area (TPSA) is 67.8 Å². The average molecular weight is 275 g/mol. The van der Waals surface area contributed by atoms with Crippen LogP contribution in [0.25, 0.3) is 0 Å². The molecule has 0 saturated carbocycles. The van der Waals surface area contributed by atoms with Crippen molar-refractivity contribution in [1.29, 1.82) is 0 Å². The van der Waals surface area contributed by atoms with Gasteiger partial charge in [-0.25, -0.2) is 0 Å². The molecule has 1 aliphatic heterocycles. The van der Waals surface area contributed by atoms with Crippen LogP contribution < -0.4 is 10.1 Å². The molecular weight excluding hydrogens is 258 g/mol. The third-order valence-corrected chi connectivity index (χ3v) is 3.03. The molecule has 106 valence electrons. The van der Waals surface area contributed by atoms with E-state index in [4.69, 9.17) is 14.6 Å². The predicted molar refractivity (Wildman–Crippen MR) is 73.6 cm³/mol. The molecule has 1 atom stereocenters. The van der Waals surface area contributed by atoms with E-state index in [0.717, 1.165) is 6.42 Å². The van der Waals surface area contributed by atoms with Gasteiger partial charge in [-0.05, 0) is 24.6 Å². The van der Waals surface area contributed by atoms with Crippen molar-refractivity contribution in [3.05, 3.63) is 29.3 Å². The third-order valence-electron chi connectivity index (χ3n) is 3.03. The number of hydrogen-bond acceptors (Lipinski definition) is 4. The highest BCUT2D eigenvalue weighted by molar-refractivity contribution is 5.95. The lowest BCUT2D eigenvalue weighted by atomic mass is 10.1. The molecule has 5 nitrogen and oxygen atoms in total. The highest BCUT2D eigenvalue weighted by Gasteiger charge is 2.19. The van der Waals surface area contributed by atoms with E-state index >= 15 is 0 Å². The summed E-state index contributed by atoms with van der Waals surface area (Å²) >= 11 is 0.